The summed E-state index contributed by atoms with van der Waals surface area (Å²) < 4.78 is 1.66. The minimum atomic E-state index is 0.189. The van der Waals surface area contributed by atoms with E-state index >= 15 is 0 Å². The number of likely N-dealkylation sites (tertiary alicyclic amines) is 1. The van der Waals surface area contributed by atoms with E-state index in [-0.39, 0.29) is 5.91 Å². The van der Waals surface area contributed by atoms with Gasteiger partial charge >= 0.3 is 0 Å². The number of carbonyl (C=O) groups is 1. The highest BCUT2D eigenvalue weighted by atomic mass is 16.2. The Morgan fingerprint density at radius 1 is 1.41 bits per heavy atom. The summed E-state index contributed by atoms with van der Waals surface area (Å²) in [5.74, 6) is 0.189. The highest BCUT2D eigenvalue weighted by Gasteiger charge is 2.15. The van der Waals surface area contributed by atoms with Gasteiger partial charge in [0.2, 0.25) is 5.91 Å². The minimum absolute atomic E-state index is 0.189. The number of piperidine rings is 1. The van der Waals surface area contributed by atoms with Gasteiger partial charge in [-0.1, -0.05) is 5.21 Å². The molecule has 1 saturated heterocycles. The second-order valence-electron chi connectivity index (χ2n) is 4.43. The van der Waals surface area contributed by atoms with Crippen molar-refractivity contribution in [3.8, 4) is 0 Å². The lowest BCUT2D eigenvalue weighted by atomic mass is 10.1. The van der Waals surface area contributed by atoms with Gasteiger partial charge < -0.3 is 10.2 Å². The van der Waals surface area contributed by atoms with Crippen molar-refractivity contribution in [2.75, 3.05) is 19.6 Å². The van der Waals surface area contributed by atoms with E-state index in [1.807, 2.05) is 18.1 Å². The van der Waals surface area contributed by atoms with E-state index in [9.17, 15) is 4.79 Å². The van der Waals surface area contributed by atoms with Crippen LogP contribution < -0.4 is 5.32 Å². The lowest BCUT2D eigenvalue weighted by Crippen LogP contribution is -2.41. The molecule has 6 nitrogen and oxygen atoms in total. The highest BCUT2D eigenvalue weighted by Crippen LogP contribution is 2.08. The van der Waals surface area contributed by atoms with Crippen LogP contribution in [0.1, 0.15) is 25.0 Å². The van der Waals surface area contributed by atoms with Crippen LogP contribution in [0.15, 0.2) is 6.20 Å². The molecule has 0 aliphatic carbocycles. The standard InChI is InChI=1S/C11H19N5O/c1-15-9-10(13-14-15)7-12-8-11(17)16-5-3-2-4-6-16/h9,12H,2-8H2,1H3. The van der Waals surface area contributed by atoms with Crippen LogP contribution >= 0.6 is 0 Å². The van der Waals surface area contributed by atoms with Crippen molar-refractivity contribution < 1.29 is 4.79 Å². The highest BCUT2D eigenvalue weighted by molar-refractivity contribution is 5.78. The summed E-state index contributed by atoms with van der Waals surface area (Å²) in [4.78, 5) is 13.8. The van der Waals surface area contributed by atoms with Gasteiger partial charge in [0.25, 0.3) is 0 Å². The molecule has 0 radical (unpaired) electrons. The molecule has 1 aliphatic rings. The first kappa shape index (κ1) is 12.0. The van der Waals surface area contributed by atoms with E-state index in [2.05, 4.69) is 15.6 Å². The van der Waals surface area contributed by atoms with Gasteiger partial charge in [0.1, 0.15) is 0 Å². The maximum atomic E-state index is 11.8. The van der Waals surface area contributed by atoms with Crippen molar-refractivity contribution in [2.45, 2.75) is 25.8 Å². The van der Waals surface area contributed by atoms with Gasteiger partial charge in [-0.25, -0.2) is 0 Å². The molecule has 94 valence electrons. The van der Waals surface area contributed by atoms with E-state index in [1.165, 1.54) is 6.42 Å². The third-order valence-corrected chi connectivity index (χ3v) is 2.94. The average molecular weight is 237 g/mol. The Kier molecular flexibility index (Phi) is 4.08. The van der Waals surface area contributed by atoms with Gasteiger partial charge in [0.15, 0.2) is 0 Å². The van der Waals surface area contributed by atoms with E-state index in [4.69, 9.17) is 0 Å². The molecule has 6 heteroatoms. The van der Waals surface area contributed by atoms with Crippen LogP contribution in [0, 0.1) is 0 Å². The van der Waals surface area contributed by atoms with E-state index in [1.54, 1.807) is 4.68 Å². The molecule has 2 heterocycles. The predicted octanol–water partition coefficient (Wildman–Crippen LogP) is -0.0828. The van der Waals surface area contributed by atoms with Crippen molar-refractivity contribution in [1.82, 2.24) is 25.2 Å². The van der Waals surface area contributed by atoms with Gasteiger partial charge in [0.05, 0.1) is 12.2 Å². The molecule has 0 aromatic carbocycles. The molecule has 1 aliphatic heterocycles. The molecule has 1 N–H and O–H groups in total. The number of hydrogen-bond acceptors (Lipinski definition) is 4. The summed E-state index contributed by atoms with van der Waals surface area (Å²) in [7, 11) is 1.83. The van der Waals surface area contributed by atoms with Crippen LogP contribution in [0.5, 0.6) is 0 Å². The Hall–Kier alpha value is -1.43. The van der Waals surface area contributed by atoms with Crippen LogP contribution in [0.25, 0.3) is 0 Å². The van der Waals surface area contributed by atoms with Crippen molar-refractivity contribution in [2.24, 2.45) is 7.05 Å². The molecule has 2 rings (SSSR count). The van der Waals surface area contributed by atoms with E-state index < -0.39 is 0 Å². The normalized spacial score (nSPS) is 16.2. The third-order valence-electron chi connectivity index (χ3n) is 2.94. The Balaban J connectivity index is 1.69. The molecule has 0 unspecified atom stereocenters. The zero-order valence-electron chi connectivity index (χ0n) is 10.2. The molecule has 0 atom stereocenters. The van der Waals surface area contributed by atoms with Gasteiger partial charge in [-0.2, -0.15) is 0 Å². The molecule has 1 fully saturated rings. The molecule has 1 aromatic heterocycles. The molecular formula is C11H19N5O. The fourth-order valence-electron chi connectivity index (χ4n) is 2.03. The monoisotopic (exact) mass is 237 g/mol. The summed E-state index contributed by atoms with van der Waals surface area (Å²) in [6.07, 6.45) is 5.36. The summed E-state index contributed by atoms with van der Waals surface area (Å²) in [5.41, 5.74) is 0.860. The van der Waals surface area contributed by atoms with Crippen LogP contribution in [-0.4, -0.2) is 45.4 Å². The van der Waals surface area contributed by atoms with Crippen LogP contribution in [0.3, 0.4) is 0 Å². The van der Waals surface area contributed by atoms with E-state index in [0.717, 1.165) is 31.6 Å². The number of rotatable bonds is 4. The molecule has 0 saturated carbocycles. The largest absolute Gasteiger partial charge is 0.342 e. The SMILES string of the molecule is Cn1cc(CNCC(=O)N2CCCCC2)nn1. The summed E-state index contributed by atoms with van der Waals surface area (Å²) in [5, 5.41) is 10.9. The molecule has 1 aromatic rings. The number of nitrogens with one attached hydrogen (secondary N) is 1. The number of amides is 1. The second kappa shape index (κ2) is 5.77. The lowest BCUT2D eigenvalue weighted by Gasteiger charge is -2.26. The lowest BCUT2D eigenvalue weighted by molar-refractivity contribution is -0.131. The topological polar surface area (TPSA) is 63.1 Å². The predicted molar refractivity (Wildman–Crippen MR) is 63.1 cm³/mol. The first-order valence-electron chi connectivity index (χ1n) is 6.09. The molecular weight excluding hydrogens is 218 g/mol. The Labute approximate surface area is 101 Å². The Morgan fingerprint density at radius 3 is 2.82 bits per heavy atom. The van der Waals surface area contributed by atoms with Crippen LogP contribution in [-0.2, 0) is 18.4 Å². The number of carbonyl (C=O) groups excluding carboxylic acids is 1. The smallest absolute Gasteiger partial charge is 0.236 e. The summed E-state index contributed by atoms with van der Waals surface area (Å²) >= 11 is 0. The summed E-state index contributed by atoms with van der Waals surface area (Å²) in [6, 6.07) is 0. The van der Waals surface area contributed by atoms with Crippen LogP contribution in [0.2, 0.25) is 0 Å². The summed E-state index contributed by atoms with van der Waals surface area (Å²) in [6.45, 7) is 2.79. The van der Waals surface area contributed by atoms with Crippen molar-refractivity contribution in [1.29, 1.82) is 0 Å². The maximum absolute atomic E-state index is 11.8. The molecule has 1 amide bonds. The minimum Gasteiger partial charge on any atom is -0.342 e. The second-order valence-corrected chi connectivity index (χ2v) is 4.43. The quantitative estimate of drug-likeness (QED) is 0.795. The van der Waals surface area contributed by atoms with Crippen molar-refractivity contribution in [3.05, 3.63) is 11.9 Å². The average Bonchev–Trinajstić information content (AvgIpc) is 2.76. The number of nitrogens with zero attached hydrogens (tertiary/aromatic N) is 4. The van der Waals surface area contributed by atoms with Gasteiger partial charge in [0, 0.05) is 32.9 Å². The fourth-order valence-corrected chi connectivity index (χ4v) is 2.03. The van der Waals surface area contributed by atoms with Crippen LogP contribution in [0.4, 0.5) is 0 Å². The molecule has 17 heavy (non-hydrogen) atoms. The maximum Gasteiger partial charge on any atom is 0.236 e. The zero-order valence-corrected chi connectivity index (χ0v) is 10.2. The van der Waals surface area contributed by atoms with Crippen molar-refractivity contribution in [3.63, 3.8) is 0 Å². The third kappa shape index (κ3) is 3.52. The van der Waals surface area contributed by atoms with E-state index in [0.29, 0.717) is 13.1 Å². The van der Waals surface area contributed by atoms with Crippen molar-refractivity contribution >= 4 is 5.91 Å². The Bertz CT molecular complexity index is 370. The number of aromatic nitrogens is 3. The Morgan fingerprint density at radius 2 is 2.18 bits per heavy atom. The number of hydrogen-bond donors (Lipinski definition) is 1. The van der Waals surface area contributed by atoms with Gasteiger partial charge in [-0.05, 0) is 19.3 Å². The number of aryl methyl sites for hydroxylation is 1. The first-order valence-corrected chi connectivity index (χ1v) is 6.09. The fraction of sp³-hybridized carbons (Fsp3) is 0.727. The van der Waals surface area contributed by atoms with Gasteiger partial charge in [-0.3, -0.25) is 9.48 Å². The molecule has 0 spiro atoms. The zero-order chi connectivity index (χ0) is 12.1. The first-order chi connectivity index (χ1) is 8.25. The van der Waals surface area contributed by atoms with Gasteiger partial charge in [-0.15, -0.1) is 5.10 Å². The molecule has 0 bridgehead atoms.